The van der Waals surface area contributed by atoms with Crippen molar-refractivity contribution in [3.05, 3.63) is 39.1 Å². The van der Waals surface area contributed by atoms with E-state index >= 15 is 0 Å². The van der Waals surface area contributed by atoms with E-state index < -0.39 is 16.8 Å². The Morgan fingerprint density at radius 1 is 1.15 bits per heavy atom. The van der Waals surface area contributed by atoms with Crippen molar-refractivity contribution in [3.8, 4) is 11.5 Å². The van der Waals surface area contributed by atoms with E-state index in [2.05, 4.69) is 0 Å². The standard InChI is InChI=1S/C25H29N3O6/c1-14-21(24(30)27-7-5-4-6-8-27)22(23-16(26-14)11-25(2,3)12-18(23)29)15-9-19-20(34-13-33-19)10-17(15)28(31)32/h9-10,21-22H,4-8,11-13H2,1-3H3/t21?,22-/m0/s1. The molecule has 1 saturated heterocycles. The van der Waals surface area contributed by atoms with Gasteiger partial charge in [-0.2, -0.15) is 0 Å². The molecule has 5 rings (SSSR count). The quantitative estimate of drug-likeness (QED) is 0.488. The number of ketones is 1. The van der Waals surface area contributed by atoms with Gasteiger partial charge < -0.3 is 14.4 Å². The van der Waals surface area contributed by atoms with Crippen LogP contribution in [-0.2, 0) is 9.59 Å². The second kappa shape index (κ2) is 8.21. The van der Waals surface area contributed by atoms with E-state index in [-0.39, 0.29) is 29.6 Å². The molecule has 0 bridgehead atoms. The molecule has 0 radical (unpaired) electrons. The largest absolute Gasteiger partial charge is 0.454 e. The van der Waals surface area contributed by atoms with Gasteiger partial charge >= 0.3 is 0 Å². The number of hydrogen-bond acceptors (Lipinski definition) is 7. The summed E-state index contributed by atoms with van der Waals surface area (Å²) in [5.41, 5.74) is 1.52. The predicted octanol–water partition coefficient (Wildman–Crippen LogP) is 4.15. The van der Waals surface area contributed by atoms with Gasteiger partial charge in [0.2, 0.25) is 12.7 Å². The summed E-state index contributed by atoms with van der Waals surface area (Å²) in [5, 5.41) is 12.2. The van der Waals surface area contributed by atoms with Gasteiger partial charge in [-0.3, -0.25) is 24.7 Å². The van der Waals surface area contributed by atoms with Crippen molar-refractivity contribution in [2.75, 3.05) is 19.9 Å². The highest BCUT2D eigenvalue weighted by Crippen LogP contribution is 2.51. The highest BCUT2D eigenvalue weighted by Gasteiger charge is 2.48. The Morgan fingerprint density at radius 3 is 2.50 bits per heavy atom. The Bertz CT molecular complexity index is 1150. The molecule has 1 amide bonds. The van der Waals surface area contributed by atoms with Gasteiger partial charge in [0, 0.05) is 48.0 Å². The highest BCUT2D eigenvalue weighted by atomic mass is 16.7. The van der Waals surface area contributed by atoms with Crippen LogP contribution in [0.25, 0.3) is 0 Å². The van der Waals surface area contributed by atoms with Crippen molar-refractivity contribution in [1.29, 1.82) is 0 Å². The van der Waals surface area contributed by atoms with E-state index in [0.29, 0.717) is 60.0 Å². The molecular weight excluding hydrogens is 438 g/mol. The molecule has 1 aromatic rings. The molecule has 1 unspecified atom stereocenters. The number of allylic oxidation sites excluding steroid dienone is 2. The summed E-state index contributed by atoms with van der Waals surface area (Å²) in [6, 6.07) is 2.93. The monoisotopic (exact) mass is 467 g/mol. The molecule has 0 N–H and O–H groups in total. The number of carbonyl (C=O) groups is 2. The summed E-state index contributed by atoms with van der Waals surface area (Å²) in [7, 11) is 0. The van der Waals surface area contributed by atoms with Crippen LogP contribution in [0.5, 0.6) is 11.5 Å². The van der Waals surface area contributed by atoms with E-state index in [1.807, 2.05) is 18.7 Å². The maximum absolute atomic E-state index is 13.9. The molecule has 3 aliphatic heterocycles. The van der Waals surface area contributed by atoms with Gasteiger partial charge in [-0.25, -0.2) is 0 Å². The maximum atomic E-state index is 13.9. The molecule has 180 valence electrons. The molecule has 34 heavy (non-hydrogen) atoms. The Kier molecular flexibility index (Phi) is 5.45. The second-order valence-electron chi connectivity index (χ2n) is 10.4. The normalized spacial score (nSPS) is 25.7. The molecule has 3 heterocycles. The lowest BCUT2D eigenvalue weighted by Crippen LogP contribution is -2.47. The number of likely N-dealkylation sites (tertiary alicyclic amines) is 1. The first-order valence-electron chi connectivity index (χ1n) is 11.8. The maximum Gasteiger partial charge on any atom is 0.277 e. The summed E-state index contributed by atoms with van der Waals surface area (Å²) >= 11 is 0. The zero-order valence-corrected chi connectivity index (χ0v) is 19.8. The van der Waals surface area contributed by atoms with E-state index in [0.717, 1.165) is 19.3 Å². The van der Waals surface area contributed by atoms with E-state index in [1.54, 1.807) is 13.0 Å². The number of Topliss-reactive ketones (excluding diaryl/α,β-unsaturated/α-hetero) is 1. The molecule has 2 atom stereocenters. The van der Waals surface area contributed by atoms with E-state index in [4.69, 9.17) is 14.5 Å². The topological polar surface area (TPSA) is 111 Å². The van der Waals surface area contributed by atoms with Crippen LogP contribution >= 0.6 is 0 Å². The third-order valence-corrected chi connectivity index (χ3v) is 7.29. The lowest BCUT2D eigenvalue weighted by Gasteiger charge is -2.41. The Hall–Kier alpha value is -3.23. The lowest BCUT2D eigenvalue weighted by molar-refractivity contribution is -0.385. The zero-order valence-electron chi connectivity index (χ0n) is 19.8. The van der Waals surface area contributed by atoms with E-state index in [1.165, 1.54) is 6.07 Å². The molecule has 0 aromatic heterocycles. The fourth-order valence-corrected chi connectivity index (χ4v) is 5.77. The van der Waals surface area contributed by atoms with Crippen LogP contribution < -0.4 is 9.47 Å². The van der Waals surface area contributed by atoms with Gasteiger partial charge in [0.25, 0.3) is 5.69 Å². The Morgan fingerprint density at radius 2 is 1.82 bits per heavy atom. The Balaban J connectivity index is 1.70. The predicted molar refractivity (Wildman–Crippen MR) is 124 cm³/mol. The zero-order chi connectivity index (χ0) is 24.2. The van der Waals surface area contributed by atoms with E-state index in [9.17, 15) is 19.7 Å². The number of nitro benzene ring substituents is 1. The summed E-state index contributed by atoms with van der Waals surface area (Å²) in [6.45, 7) is 7.09. The average Bonchev–Trinajstić information content (AvgIpc) is 3.24. The number of rotatable bonds is 3. The Labute approximate surface area is 198 Å². The summed E-state index contributed by atoms with van der Waals surface area (Å²) in [4.78, 5) is 45.6. The summed E-state index contributed by atoms with van der Waals surface area (Å²) in [5.74, 6) is -1.11. The van der Waals surface area contributed by atoms with Crippen LogP contribution in [0.2, 0.25) is 0 Å². The molecule has 9 heteroatoms. The fourth-order valence-electron chi connectivity index (χ4n) is 5.77. The van der Waals surface area contributed by atoms with Crippen molar-refractivity contribution < 1.29 is 24.0 Å². The lowest BCUT2D eigenvalue weighted by atomic mass is 9.66. The third kappa shape index (κ3) is 3.76. The first kappa shape index (κ1) is 22.6. The smallest absolute Gasteiger partial charge is 0.277 e. The van der Waals surface area contributed by atoms with Crippen molar-refractivity contribution >= 4 is 23.1 Å². The first-order valence-corrected chi connectivity index (χ1v) is 11.8. The highest BCUT2D eigenvalue weighted by molar-refractivity contribution is 6.10. The second-order valence-corrected chi connectivity index (χ2v) is 10.4. The number of carbonyl (C=O) groups excluding carboxylic acids is 2. The molecule has 4 aliphatic rings. The van der Waals surface area contributed by atoms with Crippen LogP contribution in [0.15, 0.2) is 28.4 Å². The number of fused-ring (bicyclic) bond motifs is 1. The minimum atomic E-state index is -0.791. The fraction of sp³-hybridized carbons (Fsp3) is 0.560. The minimum absolute atomic E-state index is 0.0295. The van der Waals surface area contributed by atoms with Crippen molar-refractivity contribution in [2.45, 2.75) is 58.8 Å². The van der Waals surface area contributed by atoms with Crippen LogP contribution in [0.1, 0.15) is 64.4 Å². The number of benzene rings is 1. The number of hydrogen-bond donors (Lipinski definition) is 0. The molecule has 0 spiro atoms. The first-order chi connectivity index (χ1) is 16.2. The van der Waals surface area contributed by atoms with Crippen molar-refractivity contribution in [3.63, 3.8) is 0 Å². The third-order valence-electron chi connectivity index (χ3n) is 7.29. The van der Waals surface area contributed by atoms with Crippen molar-refractivity contribution in [1.82, 2.24) is 4.90 Å². The summed E-state index contributed by atoms with van der Waals surface area (Å²) < 4.78 is 10.9. The molecule has 1 aliphatic carbocycles. The van der Waals surface area contributed by atoms with Crippen molar-refractivity contribution in [2.24, 2.45) is 16.3 Å². The number of piperidine rings is 1. The van der Waals surface area contributed by atoms with Crippen LogP contribution in [0.4, 0.5) is 5.69 Å². The van der Waals surface area contributed by atoms with Crippen LogP contribution in [0.3, 0.4) is 0 Å². The van der Waals surface area contributed by atoms with Gasteiger partial charge in [0.1, 0.15) is 0 Å². The number of nitro groups is 1. The van der Waals surface area contributed by atoms with Crippen LogP contribution in [-0.4, -0.2) is 47.1 Å². The summed E-state index contributed by atoms with van der Waals surface area (Å²) in [6.07, 6.45) is 3.79. The van der Waals surface area contributed by atoms with Gasteiger partial charge in [-0.05, 0) is 44.1 Å². The van der Waals surface area contributed by atoms with Crippen LogP contribution in [0, 0.1) is 21.4 Å². The number of aliphatic imine (C=N–C) groups is 1. The van der Waals surface area contributed by atoms with Gasteiger partial charge in [-0.15, -0.1) is 0 Å². The molecule has 0 saturated carbocycles. The number of ether oxygens (including phenoxy) is 2. The minimum Gasteiger partial charge on any atom is -0.454 e. The number of nitrogens with zero attached hydrogens (tertiary/aromatic N) is 3. The molecule has 1 fully saturated rings. The average molecular weight is 468 g/mol. The molecule has 1 aromatic carbocycles. The number of amides is 1. The van der Waals surface area contributed by atoms with Gasteiger partial charge in [0.15, 0.2) is 17.3 Å². The van der Waals surface area contributed by atoms with Gasteiger partial charge in [0.05, 0.1) is 16.9 Å². The SMILES string of the molecule is CC1=NC2=C(C(=O)CC(C)(C)C2)[C@@H](c2cc3c(cc2[N+](=O)[O-])OCO3)C1C(=O)N1CCCCC1. The molecule has 9 nitrogen and oxygen atoms in total. The van der Waals surface area contributed by atoms with Gasteiger partial charge in [-0.1, -0.05) is 13.8 Å². The molecular formula is C25H29N3O6.